The molecule has 0 fully saturated rings. The Hall–Kier alpha value is -4.15. The van der Waals surface area contributed by atoms with Gasteiger partial charge in [-0.15, -0.1) is 11.3 Å². The standard InChI is InChI=1S/C26H20N8S2/c1-15-21(22-30-24(27)31-25-28-17-11-5-7-13-19(17)33(22)25)23(34(32-15)16-9-3-2-4-10-16)36-26-29-18-12-6-8-14-20(18)35-26/h2-14,22H,1H3,(H3,27,28,30,31). The highest BCUT2D eigenvalue weighted by molar-refractivity contribution is 8.01. The zero-order valence-electron chi connectivity index (χ0n) is 19.2. The van der Waals surface area contributed by atoms with Gasteiger partial charge in [0.05, 0.1) is 38.2 Å². The van der Waals surface area contributed by atoms with E-state index >= 15 is 0 Å². The van der Waals surface area contributed by atoms with Gasteiger partial charge < -0.3 is 5.73 Å². The summed E-state index contributed by atoms with van der Waals surface area (Å²) in [6, 6.07) is 26.4. The van der Waals surface area contributed by atoms with E-state index in [1.54, 1.807) is 23.1 Å². The van der Waals surface area contributed by atoms with Crippen LogP contribution in [0.1, 0.15) is 17.4 Å². The van der Waals surface area contributed by atoms with E-state index in [2.05, 4.69) is 34.1 Å². The van der Waals surface area contributed by atoms with Gasteiger partial charge in [0.2, 0.25) is 5.95 Å². The van der Waals surface area contributed by atoms with Crippen molar-refractivity contribution in [3.63, 3.8) is 0 Å². The van der Waals surface area contributed by atoms with Gasteiger partial charge >= 0.3 is 0 Å². The fraction of sp³-hybridized carbons (Fsp3) is 0.0769. The predicted octanol–water partition coefficient (Wildman–Crippen LogP) is 5.58. The zero-order valence-corrected chi connectivity index (χ0v) is 20.8. The van der Waals surface area contributed by atoms with Crippen molar-refractivity contribution in [3.8, 4) is 5.69 Å². The van der Waals surface area contributed by atoms with Gasteiger partial charge in [-0.1, -0.05) is 42.5 Å². The van der Waals surface area contributed by atoms with Crippen molar-refractivity contribution in [3.05, 3.63) is 90.1 Å². The number of guanidine groups is 1. The monoisotopic (exact) mass is 508 g/mol. The quantitative estimate of drug-likeness (QED) is 0.323. The molecule has 1 aliphatic rings. The van der Waals surface area contributed by atoms with Crippen LogP contribution in [0.5, 0.6) is 0 Å². The second kappa shape index (κ2) is 8.21. The molecule has 0 amide bonds. The molecule has 3 aromatic heterocycles. The fourth-order valence-electron chi connectivity index (χ4n) is 4.55. The molecule has 0 radical (unpaired) electrons. The van der Waals surface area contributed by atoms with Crippen molar-refractivity contribution < 1.29 is 0 Å². The van der Waals surface area contributed by atoms with Crippen LogP contribution in [0.3, 0.4) is 0 Å². The average Bonchev–Trinajstić information content (AvgIpc) is 3.56. The SMILES string of the molecule is Cc1nn(-c2ccccc2)c(Sc2nc3ccccc3s2)c1C1N=C(N)Nc2nc3ccccc3n21. The second-order valence-corrected chi connectivity index (χ2v) is 10.7. The Bertz CT molecular complexity index is 1750. The Morgan fingerprint density at radius 1 is 0.917 bits per heavy atom. The maximum absolute atomic E-state index is 6.26. The van der Waals surface area contributed by atoms with Crippen molar-refractivity contribution in [1.29, 1.82) is 0 Å². The van der Waals surface area contributed by atoms with E-state index in [1.165, 1.54) is 0 Å². The molecular weight excluding hydrogens is 488 g/mol. The van der Waals surface area contributed by atoms with Gasteiger partial charge in [0.25, 0.3) is 0 Å². The minimum Gasteiger partial charge on any atom is -0.370 e. The molecule has 10 heteroatoms. The first-order valence-corrected chi connectivity index (χ1v) is 13.0. The first-order valence-electron chi connectivity index (χ1n) is 11.4. The van der Waals surface area contributed by atoms with Gasteiger partial charge in [0, 0.05) is 0 Å². The van der Waals surface area contributed by atoms with Crippen molar-refractivity contribution in [2.75, 3.05) is 5.32 Å². The van der Waals surface area contributed by atoms with Crippen LogP contribution < -0.4 is 11.1 Å². The summed E-state index contributed by atoms with van der Waals surface area (Å²) >= 11 is 3.27. The molecule has 4 heterocycles. The Labute approximate surface area is 214 Å². The highest BCUT2D eigenvalue weighted by Gasteiger charge is 2.32. The molecule has 1 aliphatic heterocycles. The Morgan fingerprint density at radius 2 is 1.67 bits per heavy atom. The number of hydrogen-bond donors (Lipinski definition) is 2. The fourth-order valence-corrected chi connectivity index (χ4v) is 6.82. The third-order valence-electron chi connectivity index (χ3n) is 6.12. The Balaban J connectivity index is 1.46. The van der Waals surface area contributed by atoms with Crippen LogP contribution in [0.4, 0.5) is 5.95 Å². The normalized spacial score (nSPS) is 15.1. The number of aliphatic imine (C=N–C) groups is 1. The summed E-state index contributed by atoms with van der Waals surface area (Å²) in [5, 5.41) is 9.06. The molecule has 8 nitrogen and oxygen atoms in total. The number of nitrogens with two attached hydrogens (primary N) is 1. The summed E-state index contributed by atoms with van der Waals surface area (Å²) in [5.41, 5.74) is 11.9. The molecule has 0 aliphatic carbocycles. The number of thiazole rings is 1. The van der Waals surface area contributed by atoms with E-state index in [0.717, 1.165) is 47.6 Å². The molecule has 0 saturated heterocycles. The predicted molar refractivity (Wildman–Crippen MR) is 145 cm³/mol. The molecule has 176 valence electrons. The molecule has 3 aromatic carbocycles. The number of rotatable bonds is 4. The maximum atomic E-state index is 6.26. The first kappa shape index (κ1) is 21.2. The van der Waals surface area contributed by atoms with E-state index in [9.17, 15) is 0 Å². The lowest BCUT2D eigenvalue weighted by Gasteiger charge is -2.24. The number of fused-ring (bicyclic) bond motifs is 4. The third-order valence-corrected chi connectivity index (χ3v) is 8.30. The molecule has 0 spiro atoms. The highest BCUT2D eigenvalue weighted by atomic mass is 32.2. The number of nitrogens with one attached hydrogen (secondary N) is 1. The summed E-state index contributed by atoms with van der Waals surface area (Å²) in [4.78, 5) is 14.5. The number of anilines is 1. The zero-order chi connectivity index (χ0) is 24.2. The minimum absolute atomic E-state index is 0.325. The van der Waals surface area contributed by atoms with Crippen molar-refractivity contribution >= 4 is 56.3 Å². The lowest BCUT2D eigenvalue weighted by Crippen LogP contribution is -2.31. The Kier molecular flexibility index (Phi) is 4.83. The Morgan fingerprint density at radius 3 is 2.50 bits per heavy atom. The number of imidazole rings is 1. The molecule has 6 aromatic rings. The second-order valence-electron chi connectivity index (χ2n) is 8.41. The van der Waals surface area contributed by atoms with Crippen molar-refractivity contribution in [2.24, 2.45) is 10.7 Å². The number of para-hydroxylation sites is 4. The van der Waals surface area contributed by atoms with Crippen LogP contribution in [0.2, 0.25) is 0 Å². The number of benzene rings is 3. The van der Waals surface area contributed by atoms with E-state index in [4.69, 9.17) is 25.8 Å². The van der Waals surface area contributed by atoms with Gasteiger partial charge in [-0.2, -0.15) is 5.10 Å². The topological polar surface area (TPSA) is 98.9 Å². The molecule has 1 unspecified atom stereocenters. The largest absolute Gasteiger partial charge is 0.370 e. The highest BCUT2D eigenvalue weighted by Crippen LogP contribution is 2.43. The molecule has 36 heavy (non-hydrogen) atoms. The van der Waals surface area contributed by atoms with Gasteiger partial charge in [-0.05, 0) is 55.1 Å². The van der Waals surface area contributed by atoms with Crippen molar-refractivity contribution in [2.45, 2.75) is 22.5 Å². The first-order chi connectivity index (χ1) is 17.7. The average molecular weight is 509 g/mol. The third kappa shape index (κ3) is 3.37. The summed E-state index contributed by atoms with van der Waals surface area (Å²) in [7, 11) is 0. The maximum Gasteiger partial charge on any atom is 0.212 e. The number of aromatic nitrogens is 5. The van der Waals surface area contributed by atoms with Crippen LogP contribution in [0.15, 0.2) is 93.2 Å². The van der Waals surface area contributed by atoms with Gasteiger partial charge in [0.15, 0.2) is 16.5 Å². The van der Waals surface area contributed by atoms with Gasteiger partial charge in [0.1, 0.15) is 5.03 Å². The van der Waals surface area contributed by atoms with Gasteiger partial charge in [-0.25, -0.2) is 19.6 Å². The lowest BCUT2D eigenvalue weighted by atomic mass is 10.2. The molecule has 0 bridgehead atoms. The van der Waals surface area contributed by atoms with Crippen LogP contribution >= 0.6 is 23.1 Å². The molecule has 0 saturated carbocycles. The number of hydrogen-bond acceptors (Lipinski definition) is 8. The summed E-state index contributed by atoms with van der Waals surface area (Å²) in [5.74, 6) is 0.988. The summed E-state index contributed by atoms with van der Waals surface area (Å²) < 4.78 is 6.16. The molecule has 1 atom stereocenters. The number of aryl methyl sites for hydroxylation is 1. The van der Waals surface area contributed by atoms with Crippen LogP contribution in [0.25, 0.3) is 26.9 Å². The van der Waals surface area contributed by atoms with Crippen LogP contribution in [0, 0.1) is 6.92 Å². The van der Waals surface area contributed by atoms with Crippen LogP contribution in [-0.2, 0) is 0 Å². The van der Waals surface area contributed by atoms with Crippen LogP contribution in [-0.4, -0.2) is 30.3 Å². The molecular formula is C26H20N8S2. The summed E-state index contributed by atoms with van der Waals surface area (Å²) in [6.07, 6.45) is -0.428. The van der Waals surface area contributed by atoms with Crippen molar-refractivity contribution in [1.82, 2.24) is 24.3 Å². The number of nitrogens with zero attached hydrogens (tertiary/aromatic N) is 6. The van der Waals surface area contributed by atoms with E-state index in [1.807, 2.05) is 66.2 Å². The van der Waals surface area contributed by atoms with E-state index in [0.29, 0.717) is 11.9 Å². The molecule has 3 N–H and O–H groups in total. The lowest BCUT2D eigenvalue weighted by molar-refractivity contribution is 0.609. The van der Waals surface area contributed by atoms with E-state index in [-0.39, 0.29) is 0 Å². The van der Waals surface area contributed by atoms with Gasteiger partial charge in [-0.3, -0.25) is 9.88 Å². The summed E-state index contributed by atoms with van der Waals surface area (Å²) in [6.45, 7) is 2.02. The molecule has 7 rings (SSSR count). The van der Waals surface area contributed by atoms with E-state index < -0.39 is 6.17 Å². The minimum atomic E-state index is -0.428. The smallest absolute Gasteiger partial charge is 0.212 e.